The fourth-order valence-corrected chi connectivity index (χ4v) is 2.27. The Bertz CT molecular complexity index is 569. The maximum Gasteiger partial charge on any atom is 0.352 e. The first kappa shape index (κ1) is 12.7. The van der Waals surface area contributed by atoms with E-state index >= 15 is 0 Å². The van der Waals surface area contributed by atoms with Gasteiger partial charge in [-0.25, -0.2) is 4.79 Å². The molecular weight excluding hydrogens is 226 g/mol. The van der Waals surface area contributed by atoms with Crippen molar-refractivity contribution in [3.63, 3.8) is 0 Å². The van der Waals surface area contributed by atoms with Gasteiger partial charge in [-0.15, -0.1) is 0 Å². The summed E-state index contributed by atoms with van der Waals surface area (Å²) in [6, 6.07) is 7.99. The van der Waals surface area contributed by atoms with Gasteiger partial charge in [0.05, 0.1) is 0 Å². The van der Waals surface area contributed by atoms with Crippen molar-refractivity contribution < 1.29 is 9.90 Å². The van der Waals surface area contributed by atoms with Gasteiger partial charge in [-0.2, -0.15) is 0 Å². The van der Waals surface area contributed by atoms with E-state index in [2.05, 4.69) is 26.0 Å². The molecule has 0 unspecified atom stereocenters. The zero-order valence-corrected chi connectivity index (χ0v) is 10.9. The van der Waals surface area contributed by atoms with Gasteiger partial charge in [-0.05, 0) is 36.6 Å². The van der Waals surface area contributed by atoms with Crippen molar-refractivity contribution >= 4 is 16.9 Å². The Morgan fingerprint density at radius 3 is 2.67 bits per heavy atom. The number of carboxylic acids is 1. The third kappa shape index (κ3) is 2.26. The predicted octanol–water partition coefficient (Wildman–Crippen LogP) is 3.70. The van der Waals surface area contributed by atoms with Gasteiger partial charge in [0.1, 0.15) is 5.69 Å². The van der Waals surface area contributed by atoms with E-state index < -0.39 is 5.97 Å². The van der Waals surface area contributed by atoms with Crippen LogP contribution < -0.4 is 0 Å². The maximum atomic E-state index is 11.3. The van der Waals surface area contributed by atoms with Crippen LogP contribution in [0.25, 0.3) is 10.9 Å². The number of hydrogen-bond acceptors (Lipinski definition) is 1. The zero-order valence-electron chi connectivity index (χ0n) is 10.9. The standard InChI is InChI=1S/C15H19NO2/c1-3-5-8-16-13-7-6-11(4-2)9-12(13)10-14(16)15(17)18/h6-7,9-10H,3-5,8H2,1-2H3,(H,17,18). The quantitative estimate of drug-likeness (QED) is 0.872. The number of aromatic carboxylic acids is 1. The number of rotatable bonds is 5. The highest BCUT2D eigenvalue weighted by atomic mass is 16.4. The Hall–Kier alpha value is -1.77. The molecule has 0 saturated carbocycles. The van der Waals surface area contributed by atoms with E-state index in [9.17, 15) is 9.90 Å². The SMILES string of the molecule is CCCCn1c(C(=O)O)cc2cc(CC)ccc21. The highest BCUT2D eigenvalue weighted by molar-refractivity contribution is 5.94. The molecule has 0 aliphatic carbocycles. The molecule has 96 valence electrons. The number of carbonyl (C=O) groups is 1. The molecule has 0 aliphatic heterocycles. The van der Waals surface area contributed by atoms with E-state index in [4.69, 9.17) is 0 Å². The van der Waals surface area contributed by atoms with E-state index in [-0.39, 0.29) is 0 Å². The van der Waals surface area contributed by atoms with Crippen LogP contribution in [0.15, 0.2) is 24.3 Å². The van der Waals surface area contributed by atoms with Crippen LogP contribution in [0.1, 0.15) is 42.7 Å². The van der Waals surface area contributed by atoms with Crippen molar-refractivity contribution in [2.24, 2.45) is 0 Å². The monoisotopic (exact) mass is 245 g/mol. The molecule has 1 heterocycles. The Morgan fingerprint density at radius 1 is 1.28 bits per heavy atom. The molecule has 2 aromatic rings. The largest absolute Gasteiger partial charge is 0.477 e. The first-order valence-corrected chi connectivity index (χ1v) is 6.52. The second-order valence-electron chi connectivity index (χ2n) is 4.59. The Kier molecular flexibility index (Phi) is 3.70. The molecule has 0 aliphatic rings. The van der Waals surface area contributed by atoms with Gasteiger partial charge in [-0.1, -0.05) is 26.3 Å². The molecule has 0 atom stereocenters. The Balaban J connectivity index is 2.56. The van der Waals surface area contributed by atoms with E-state index in [1.807, 2.05) is 10.6 Å². The Labute approximate surface area is 107 Å². The van der Waals surface area contributed by atoms with E-state index in [1.165, 1.54) is 5.56 Å². The lowest BCUT2D eigenvalue weighted by Crippen LogP contribution is -2.08. The van der Waals surface area contributed by atoms with Gasteiger partial charge in [0.25, 0.3) is 0 Å². The molecule has 0 radical (unpaired) electrons. The summed E-state index contributed by atoms with van der Waals surface area (Å²) in [5.41, 5.74) is 2.66. The molecule has 2 rings (SSSR count). The molecule has 1 N–H and O–H groups in total. The number of benzene rings is 1. The van der Waals surface area contributed by atoms with Crippen LogP contribution in [0.2, 0.25) is 0 Å². The molecule has 3 nitrogen and oxygen atoms in total. The molecule has 1 aromatic carbocycles. The molecule has 0 amide bonds. The van der Waals surface area contributed by atoms with E-state index in [1.54, 1.807) is 6.07 Å². The van der Waals surface area contributed by atoms with Crippen LogP contribution in [0.4, 0.5) is 0 Å². The second kappa shape index (κ2) is 5.25. The third-order valence-electron chi connectivity index (χ3n) is 3.33. The highest BCUT2D eigenvalue weighted by Gasteiger charge is 2.14. The van der Waals surface area contributed by atoms with E-state index in [0.29, 0.717) is 5.69 Å². The van der Waals surface area contributed by atoms with Crippen LogP contribution in [0.5, 0.6) is 0 Å². The van der Waals surface area contributed by atoms with Crippen molar-refractivity contribution in [3.05, 3.63) is 35.5 Å². The molecule has 0 fully saturated rings. The third-order valence-corrected chi connectivity index (χ3v) is 3.33. The summed E-state index contributed by atoms with van der Waals surface area (Å²) in [7, 11) is 0. The fraction of sp³-hybridized carbons (Fsp3) is 0.400. The minimum absolute atomic E-state index is 0.395. The first-order chi connectivity index (χ1) is 8.67. The number of unbranched alkanes of at least 4 members (excludes halogenated alkanes) is 1. The average Bonchev–Trinajstić information content (AvgIpc) is 2.74. The van der Waals surface area contributed by atoms with Gasteiger partial charge >= 0.3 is 5.97 Å². The lowest BCUT2D eigenvalue weighted by molar-refractivity contribution is 0.0685. The van der Waals surface area contributed by atoms with Gasteiger partial charge in [0, 0.05) is 17.4 Å². The summed E-state index contributed by atoms with van der Waals surface area (Å²) in [5.74, 6) is -0.847. The fourth-order valence-electron chi connectivity index (χ4n) is 2.27. The van der Waals surface area contributed by atoms with Crippen LogP contribution in [-0.4, -0.2) is 15.6 Å². The van der Waals surface area contributed by atoms with Crippen LogP contribution >= 0.6 is 0 Å². The molecule has 0 saturated heterocycles. The Morgan fingerprint density at radius 2 is 2.06 bits per heavy atom. The van der Waals surface area contributed by atoms with Crippen LogP contribution in [-0.2, 0) is 13.0 Å². The normalized spacial score (nSPS) is 11.0. The lowest BCUT2D eigenvalue weighted by atomic mass is 10.1. The summed E-state index contributed by atoms with van der Waals surface area (Å²) >= 11 is 0. The minimum atomic E-state index is -0.847. The van der Waals surface area contributed by atoms with Gasteiger partial charge in [-0.3, -0.25) is 0 Å². The van der Waals surface area contributed by atoms with Crippen LogP contribution in [0.3, 0.4) is 0 Å². The lowest BCUT2D eigenvalue weighted by Gasteiger charge is -2.07. The van der Waals surface area contributed by atoms with Crippen molar-refractivity contribution in [3.8, 4) is 0 Å². The number of carboxylic acid groups (broad SMARTS) is 1. The first-order valence-electron chi connectivity index (χ1n) is 6.52. The van der Waals surface area contributed by atoms with Gasteiger partial charge in [0.15, 0.2) is 0 Å². The van der Waals surface area contributed by atoms with Crippen molar-refractivity contribution in [1.82, 2.24) is 4.57 Å². The molecule has 3 heteroatoms. The molecule has 0 bridgehead atoms. The number of aromatic nitrogens is 1. The summed E-state index contributed by atoms with van der Waals surface area (Å²) in [6.45, 7) is 4.99. The number of fused-ring (bicyclic) bond motifs is 1. The number of hydrogen-bond donors (Lipinski definition) is 1. The summed E-state index contributed by atoms with van der Waals surface area (Å²) in [5, 5.41) is 10.3. The smallest absolute Gasteiger partial charge is 0.352 e. The number of nitrogens with zero attached hydrogens (tertiary/aromatic N) is 1. The maximum absolute atomic E-state index is 11.3. The predicted molar refractivity (Wildman–Crippen MR) is 73.2 cm³/mol. The molecule has 1 aromatic heterocycles. The topological polar surface area (TPSA) is 42.2 Å². The number of aryl methyl sites for hydroxylation is 2. The molecular formula is C15H19NO2. The minimum Gasteiger partial charge on any atom is -0.477 e. The van der Waals surface area contributed by atoms with Crippen molar-refractivity contribution in [1.29, 1.82) is 0 Å². The molecule has 18 heavy (non-hydrogen) atoms. The van der Waals surface area contributed by atoms with Crippen LogP contribution in [0, 0.1) is 0 Å². The van der Waals surface area contributed by atoms with Gasteiger partial charge in [0.2, 0.25) is 0 Å². The highest BCUT2D eigenvalue weighted by Crippen LogP contribution is 2.22. The van der Waals surface area contributed by atoms with Crippen molar-refractivity contribution in [2.75, 3.05) is 0 Å². The summed E-state index contributed by atoms with van der Waals surface area (Å²) < 4.78 is 1.92. The molecule has 0 spiro atoms. The van der Waals surface area contributed by atoms with E-state index in [0.717, 1.165) is 36.7 Å². The van der Waals surface area contributed by atoms with Crippen molar-refractivity contribution in [2.45, 2.75) is 39.7 Å². The second-order valence-corrected chi connectivity index (χ2v) is 4.59. The average molecular weight is 245 g/mol. The summed E-state index contributed by atoms with van der Waals surface area (Å²) in [4.78, 5) is 11.3. The zero-order chi connectivity index (χ0) is 13.1. The van der Waals surface area contributed by atoms with Gasteiger partial charge < -0.3 is 9.67 Å². The summed E-state index contributed by atoms with van der Waals surface area (Å²) in [6.07, 6.45) is 3.03.